The summed E-state index contributed by atoms with van der Waals surface area (Å²) in [6.07, 6.45) is 1.68. The maximum absolute atomic E-state index is 5.96. The number of imidazole rings is 1. The first-order chi connectivity index (χ1) is 8.65. The van der Waals surface area contributed by atoms with E-state index in [0.717, 1.165) is 16.9 Å². The van der Waals surface area contributed by atoms with Gasteiger partial charge in [-0.25, -0.2) is 4.98 Å². The monoisotopic (exact) mass is 242 g/mol. The summed E-state index contributed by atoms with van der Waals surface area (Å²) < 4.78 is 3.82. The lowest BCUT2D eigenvalue weighted by molar-refractivity contribution is 0.718. The average Bonchev–Trinajstić information content (AvgIpc) is 2.85. The Hall–Kier alpha value is -2.37. The first-order valence-electron chi connectivity index (χ1n) is 5.70. The molecule has 3 aromatic rings. The molecule has 92 valence electrons. The van der Waals surface area contributed by atoms with E-state index in [1.54, 1.807) is 6.33 Å². The second-order valence-electron chi connectivity index (χ2n) is 4.41. The number of nitrogens with two attached hydrogens (primary N) is 1. The van der Waals surface area contributed by atoms with Crippen LogP contribution in [0.1, 0.15) is 11.4 Å². The minimum Gasteiger partial charge on any atom is -0.369 e. The molecule has 0 atom stereocenters. The van der Waals surface area contributed by atoms with Crippen LogP contribution in [0.5, 0.6) is 0 Å². The number of nitrogen functional groups attached to an aromatic ring is 1. The van der Waals surface area contributed by atoms with E-state index in [1.807, 2.05) is 35.2 Å². The van der Waals surface area contributed by atoms with Crippen LogP contribution in [0.25, 0.3) is 11.0 Å². The fraction of sp³-hybridized carbons (Fsp3) is 0.250. The molecule has 0 aliphatic heterocycles. The zero-order chi connectivity index (χ0) is 12.7. The third-order valence-corrected chi connectivity index (χ3v) is 3.04. The molecule has 18 heavy (non-hydrogen) atoms. The Bertz CT molecular complexity index is 709. The van der Waals surface area contributed by atoms with Gasteiger partial charge in [-0.3, -0.25) is 0 Å². The van der Waals surface area contributed by atoms with Crippen LogP contribution in [0.4, 0.5) is 5.95 Å². The van der Waals surface area contributed by atoms with E-state index in [9.17, 15) is 0 Å². The van der Waals surface area contributed by atoms with Crippen LogP contribution in [0.15, 0.2) is 24.5 Å². The van der Waals surface area contributed by atoms with Crippen molar-refractivity contribution in [2.45, 2.75) is 13.5 Å². The van der Waals surface area contributed by atoms with Gasteiger partial charge in [0.15, 0.2) is 5.82 Å². The smallest absolute Gasteiger partial charge is 0.201 e. The van der Waals surface area contributed by atoms with Crippen LogP contribution < -0.4 is 5.73 Å². The summed E-state index contributed by atoms with van der Waals surface area (Å²) in [6.45, 7) is 2.61. The number of benzene rings is 1. The zero-order valence-electron chi connectivity index (χ0n) is 10.3. The second kappa shape index (κ2) is 3.83. The molecule has 0 bridgehead atoms. The van der Waals surface area contributed by atoms with E-state index in [-0.39, 0.29) is 0 Å². The molecule has 0 saturated carbocycles. The lowest BCUT2D eigenvalue weighted by Crippen LogP contribution is -2.08. The van der Waals surface area contributed by atoms with Crippen LogP contribution in [0, 0.1) is 6.92 Å². The Kier molecular flexibility index (Phi) is 2.29. The average molecular weight is 242 g/mol. The Balaban J connectivity index is 2.11. The number of hydrogen-bond acceptors (Lipinski definition) is 4. The van der Waals surface area contributed by atoms with E-state index in [4.69, 9.17) is 5.73 Å². The number of anilines is 1. The molecule has 2 aromatic heterocycles. The highest BCUT2D eigenvalue weighted by molar-refractivity contribution is 5.79. The molecule has 0 saturated heterocycles. The second-order valence-corrected chi connectivity index (χ2v) is 4.41. The molecule has 2 N–H and O–H groups in total. The van der Waals surface area contributed by atoms with Crippen molar-refractivity contribution in [3.63, 3.8) is 0 Å². The first-order valence-corrected chi connectivity index (χ1v) is 5.70. The van der Waals surface area contributed by atoms with E-state index >= 15 is 0 Å². The first kappa shape index (κ1) is 10.8. The Morgan fingerprint density at radius 1 is 1.33 bits per heavy atom. The standard InChI is InChI=1S/C12H14N6/c1-8-3-4-10-9(5-8)15-12(13)18(10)6-11-16-14-7-17(11)2/h3-5,7H,6H2,1-2H3,(H2,13,15). The molecule has 0 unspecified atom stereocenters. The third-order valence-electron chi connectivity index (χ3n) is 3.04. The van der Waals surface area contributed by atoms with Crippen molar-refractivity contribution in [3.8, 4) is 0 Å². The number of aryl methyl sites for hydroxylation is 2. The number of hydrogen-bond donors (Lipinski definition) is 1. The molecule has 0 aliphatic carbocycles. The molecule has 0 amide bonds. The van der Waals surface area contributed by atoms with Gasteiger partial charge in [0.1, 0.15) is 6.33 Å². The molecule has 6 heteroatoms. The van der Waals surface area contributed by atoms with Crippen molar-refractivity contribution in [2.75, 3.05) is 5.73 Å². The minimum absolute atomic E-state index is 0.499. The van der Waals surface area contributed by atoms with Gasteiger partial charge < -0.3 is 14.9 Å². The van der Waals surface area contributed by atoms with Gasteiger partial charge in [0.05, 0.1) is 17.6 Å². The van der Waals surface area contributed by atoms with Crippen molar-refractivity contribution in [1.82, 2.24) is 24.3 Å². The number of rotatable bonds is 2. The van der Waals surface area contributed by atoms with Crippen molar-refractivity contribution in [3.05, 3.63) is 35.9 Å². The lowest BCUT2D eigenvalue weighted by atomic mass is 10.2. The maximum Gasteiger partial charge on any atom is 0.201 e. The molecule has 2 heterocycles. The molecule has 0 fully saturated rings. The molecule has 1 aromatic carbocycles. The maximum atomic E-state index is 5.96. The quantitative estimate of drug-likeness (QED) is 0.730. The largest absolute Gasteiger partial charge is 0.369 e. The van der Waals surface area contributed by atoms with Crippen LogP contribution in [0.2, 0.25) is 0 Å². The van der Waals surface area contributed by atoms with Crippen molar-refractivity contribution >= 4 is 17.0 Å². The fourth-order valence-corrected chi connectivity index (χ4v) is 2.02. The van der Waals surface area contributed by atoms with Gasteiger partial charge in [-0.15, -0.1) is 10.2 Å². The normalized spacial score (nSPS) is 11.2. The van der Waals surface area contributed by atoms with Gasteiger partial charge in [-0.05, 0) is 24.6 Å². The van der Waals surface area contributed by atoms with Crippen LogP contribution in [-0.2, 0) is 13.6 Å². The van der Waals surface area contributed by atoms with Crippen LogP contribution in [-0.4, -0.2) is 24.3 Å². The van der Waals surface area contributed by atoms with Gasteiger partial charge in [0, 0.05) is 7.05 Å². The van der Waals surface area contributed by atoms with Gasteiger partial charge >= 0.3 is 0 Å². The molecule has 0 radical (unpaired) electrons. The van der Waals surface area contributed by atoms with Gasteiger partial charge in [-0.1, -0.05) is 6.07 Å². The highest BCUT2D eigenvalue weighted by atomic mass is 15.3. The third kappa shape index (κ3) is 1.62. The van der Waals surface area contributed by atoms with Crippen molar-refractivity contribution in [1.29, 1.82) is 0 Å². The number of aromatic nitrogens is 5. The Labute approximate surface area is 104 Å². The van der Waals surface area contributed by atoms with Crippen LogP contribution in [0.3, 0.4) is 0 Å². The van der Waals surface area contributed by atoms with E-state index < -0.39 is 0 Å². The lowest BCUT2D eigenvalue weighted by Gasteiger charge is -2.05. The molecular formula is C12H14N6. The predicted octanol–water partition coefficient (Wildman–Crippen LogP) is 1.10. The highest BCUT2D eigenvalue weighted by Crippen LogP contribution is 2.19. The van der Waals surface area contributed by atoms with Gasteiger partial charge in [-0.2, -0.15) is 0 Å². The summed E-state index contributed by atoms with van der Waals surface area (Å²) >= 11 is 0. The molecule has 6 nitrogen and oxygen atoms in total. The summed E-state index contributed by atoms with van der Waals surface area (Å²) in [5, 5.41) is 7.93. The Morgan fingerprint density at radius 3 is 2.89 bits per heavy atom. The number of fused-ring (bicyclic) bond motifs is 1. The SMILES string of the molecule is Cc1ccc2c(c1)nc(N)n2Cc1nncn1C. The summed E-state index contributed by atoms with van der Waals surface area (Å²) in [4.78, 5) is 4.37. The zero-order valence-corrected chi connectivity index (χ0v) is 10.3. The highest BCUT2D eigenvalue weighted by Gasteiger charge is 2.10. The van der Waals surface area contributed by atoms with E-state index in [0.29, 0.717) is 12.5 Å². The topological polar surface area (TPSA) is 74.6 Å². The number of nitrogens with zero attached hydrogens (tertiary/aromatic N) is 5. The fourth-order valence-electron chi connectivity index (χ4n) is 2.02. The van der Waals surface area contributed by atoms with Crippen molar-refractivity contribution in [2.24, 2.45) is 7.05 Å². The summed E-state index contributed by atoms with van der Waals surface area (Å²) in [5.74, 6) is 1.35. The summed E-state index contributed by atoms with van der Waals surface area (Å²) in [6, 6.07) is 6.11. The molecular weight excluding hydrogens is 228 g/mol. The van der Waals surface area contributed by atoms with Gasteiger partial charge in [0.2, 0.25) is 5.95 Å². The minimum atomic E-state index is 0.499. The van der Waals surface area contributed by atoms with Crippen molar-refractivity contribution < 1.29 is 0 Å². The molecule has 0 aliphatic rings. The summed E-state index contributed by atoms with van der Waals surface area (Å²) in [7, 11) is 1.91. The van der Waals surface area contributed by atoms with E-state index in [1.165, 1.54) is 5.56 Å². The molecule has 0 spiro atoms. The van der Waals surface area contributed by atoms with Crippen LogP contribution >= 0.6 is 0 Å². The Morgan fingerprint density at radius 2 is 2.17 bits per heavy atom. The molecule has 3 rings (SSSR count). The van der Waals surface area contributed by atoms with E-state index in [2.05, 4.69) is 21.2 Å². The summed E-state index contributed by atoms with van der Waals surface area (Å²) in [5.41, 5.74) is 9.06. The predicted molar refractivity (Wildman–Crippen MR) is 69.0 cm³/mol. The van der Waals surface area contributed by atoms with Gasteiger partial charge in [0.25, 0.3) is 0 Å².